The van der Waals surface area contributed by atoms with E-state index in [-0.39, 0.29) is 6.61 Å². The minimum atomic E-state index is -1.23. The van der Waals surface area contributed by atoms with Gasteiger partial charge in [-0.3, -0.25) is 9.69 Å². The molecular formula is C22H26N2O4. The van der Waals surface area contributed by atoms with Crippen LogP contribution >= 0.6 is 0 Å². The minimum Gasteiger partial charge on any atom is -0.471 e. The molecule has 6 heteroatoms. The molecule has 1 saturated heterocycles. The van der Waals surface area contributed by atoms with Crippen molar-refractivity contribution < 1.29 is 19.1 Å². The van der Waals surface area contributed by atoms with Crippen LogP contribution < -0.4 is 9.64 Å². The maximum Gasteiger partial charge on any atom is 0.354 e. The highest BCUT2D eigenvalue weighted by Crippen LogP contribution is 2.22. The lowest BCUT2D eigenvalue weighted by Crippen LogP contribution is -2.45. The fraction of sp³-hybridized carbons (Fsp3) is 0.364. The molecule has 1 aliphatic rings. The van der Waals surface area contributed by atoms with Gasteiger partial charge in [-0.25, -0.2) is 4.79 Å². The summed E-state index contributed by atoms with van der Waals surface area (Å²) in [6.45, 7) is 6.78. The fourth-order valence-corrected chi connectivity index (χ4v) is 3.24. The number of aldehydes is 1. The van der Waals surface area contributed by atoms with Crippen molar-refractivity contribution in [1.82, 2.24) is 4.90 Å². The predicted molar refractivity (Wildman–Crippen MR) is 107 cm³/mol. The Morgan fingerprint density at radius 1 is 1.04 bits per heavy atom. The molecule has 0 radical (unpaired) electrons. The van der Waals surface area contributed by atoms with Crippen LogP contribution in [0.3, 0.4) is 0 Å². The number of esters is 1. The second kappa shape index (κ2) is 9.90. The van der Waals surface area contributed by atoms with Crippen molar-refractivity contribution in [3.63, 3.8) is 0 Å². The first-order valence-electron chi connectivity index (χ1n) is 9.59. The highest BCUT2D eigenvalue weighted by atomic mass is 16.6. The summed E-state index contributed by atoms with van der Waals surface area (Å²) in [4.78, 5) is 27.5. The predicted octanol–water partition coefficient (Wildman–Crippen LogP) is 2.52. The molecule has 1 atom stereocenters. The Labute approximate surface area is 165 Å². The van der Waals surface area contributed by atoms with Crippen molar-refractivity contribution in [2.45, 2.75) is 19.6 Å². The van der Waals surface area contributed by atoms with Crippen LogP contribution in [0.1, 0.15) is 12.5 Å². The van der Waals surface area contributed by atoms with Gasteiger partial charge in [0, 0.05) is 38.4 Å². The number of carbonyl (C=O) groups is 2. The minimum absolute atomic E-state index is 0.210. The molecule has 0 bridgehead atoms. The van der Waals surface area contributed by atoms with Gasteiger partial charge in [-0.2, -0.15) is 0 Å². The number of piperazine rings is 1. The monoisotopic (exact) mass is 382 g/mol. The summed E-state index contributed by atoms with van der Waals surface area (Å²) in [6.07, 6.45) is -0.773. The summed E-state index contributed by atoms with van der Waals surface area (Å²) in [6, 6.07) is 18.0. The van der Waals surface area contributed by atoms with Crippen molar-refractivity contribution in [2.75, 3.05) is 37.7 Å². The molecule has 0 spiro atoms. The van der Waals surface area contributed by atoms with Gasteiger partial charge in [-0.15, -0.1) is 0 Å². The van der Waals surface area contributed by atoms with Gasteiger partial charge < -0.3 is 14.4 Å². The van der Waals surface area contributed by atoms with E-state index in [1.807, 2.05) is 18.2 Å². The second-order valence-electron chi connectivity index (χ2n) is 6.67. The lowest BCUT2D eigenvalue weighted by atomic mass is 10.2. The summed E-state index contributed by atoms with van der Waals surface area (Å²) in [5.74, 6) is -0.201. The molecule has 3 rings (SSSR count). The van der Waals surface area contributed by atoms with Gasteiger partial charge in [0.1, 0.15) is 5.75 Å². The molecule has 0 aliphatic carbocycles. The van der Waals surface area contributed by atoms with Gasteiger partial charge in [0.05, 0.1) is 6.61 Å². The largest absolute Gasteiger partial charge is 0.471 e. The first-order valence-corrected chi connectivity index (χ1v) is 9.59. The molecule has 1 heterocycles. The summed E-state index contributed by atoms with van der Waals surface area (Å²) >= 11 is 0. The standard InChI is InChI=1S/C22H26N2O4/c1-2-27-22(26)21(17-25)28-20-10-8-19(9-11-20)24-14-12-23(13-15-24)16-18-6-4-3-5-7-18/h3-11,17,21H,2,12-16H2,1H3. The zero-order valence-electron chi connectivity index (χ0n) is 16.1. The quantitative estimate of drug-likeness (QED) is 0.397. The van der Waals surface area contributed by atoms with Gasteiger partial charge >= 0.3 is 5.97 Å². The third-order valence-electron chi connectivity index (χ3n) is 4.73. The van der Waals surface area contributed by atoms with Crippen LogP contribution in [-0.4, -0.2) is 56.0 Å². The van der Waals surface area contributed by atoms with Crippen molar-refractivity contribution in [3.8, 4) is 5.75 Å². The normalized spacial score (nSPS) is 15.7. The average molecular weight is 382 g/mol. The van der Waals surface area contributed by atoms with Crippen LogP contribution in [0, 0.1) is 0 Å². The number of rotatable bonds is 8. The number of carbonyl (C=O) groups excluding carboxylic acids is 2. The van der Waals surface area contributed by atoms with E-state index in [1.54, 1.807) is 19.1 Å². The zero-order chi connectivity index (χ0) is 19.8. The molecule has 0 N–H and O–H groups in total. The fourth-order valence-electron chi connectivity index (χ4n) is 3.24. The highest BCUT2D eigenvalue weighted by molar-refractivity contribution is 5.91. The first-order chi connectivity index (χ1) is 13.7. The Balaban J connectivity index is 1.51. The Kier molecular flexibility index (Phi) is 7.03. The third kappa shape index (κ3) is 5.33. The molecule has 148 valence electrons. The molecule has 1 fully saturated rings. The highest BCUT2D eigenvalue weighted by Gasteiger charge is 2.21. The first kappa shape index (κ1) is 19.9. The van der Waals surface area contributed by atoms with Crippen LogP contribution in [0.25, 0.3) is 0 Å². The van der Waals surface area contributed by atoms with Crippen LogP contribution in [0.4, 0.5) is 5.69 Å². The van der Waals surface area contributed by atoms with E-state index in [4.69, 9.17) is 9.47 Å². The van der Waals surface area contributed by atoms with Gasteiger partial charge in [-0.05, 0) is 36.8 Å². The lowest BCUT2D eigenvalue weighted by molar-refractivity contribution is -0.152. The number of ether oxygens (including phenoxy) is 2. The molecule has 2 aromatic rings. The Morgan fingerprint density at radius 3 is 2.32 bits per heavy atom. The van der Waals surface area contributed by atoms with E-state index in [1.165, 1.54) is 5.56 Å². The van der Waals surface area contributed by atoms with Gasteiger partial charge in [0.15, 0.2) is 6.29 Å². The number of benzene rings is 2. The molecular weight excluding hydrogens is 356 g/mol. The van der Waals surface area contributed by atoms with Gasteiger partial charge in [0.2, 0.25) is 6.10 Å². The van der Waals surface area contributed by atoms with Gasteiger partial charge in [-0.1, -0.05) is 30.3 Å². The molecule has 0 saturated carbocycles. The molecule has 28 heavy (non-hydrogen) atoms. The zero-order valence-corrected chi connectivity index (χ0v) is 16.1. The smallest absolute Gasteiger partial charge is 0.354 e. The Hall–Kier alpha value is -2.86. The molecule has 2 aromatic carbocycles. The average Bonchev–Trinajstić information content (AvgIpc) is 2.74. The van der Waals surface area contributed by atoms with Crippen LogP contribution in [0.2, 0.25) is 0 Å². The Bertz CT molecular complexity index is 756. The molecule has 0 aromatic heterocycles. The lowest BCUT2D eigenvalue weighted by Gasteiger charge is -2.36. The van der Waals surface area contributed by atoms with E-state index < -0.39 is 12.1 Å². The van der Waals surface area contributed by atoms with Crippen molar-refractivity contribution in [2.24, 2.45) is 0 Å². The maximum absolute atomic E-state index is 11.7. The number of nitrogens with zero attached hydrogens (tertiary/aromatic N) is 2. The number of hydrogen-bond acceptors (Lipinski definition) is 6. The maximum atomic E-state index is 11.7. The second-order valence-corrected chi connectivity index (χ2v) is 6.67. The summed E-state index contributed by atoms with van der Waals surface area (Å²) < 4.78 is 10.3. The summed E-state index contributed by atoms with van der Waals surface area (Å²) in [5.41, 5.74) is 2.44. The van der Waals surface area contributed by atoms with Crippen LogP contribution in [0.15, 0.2) is 54.6 Å². The third-order valence-corrected chi connectivity index (χ3v) is 4.73. The van der Waals surface area contributed by atoms with Crippen LogP contribution in [0.5, 0.6) is 5.75 Å². The summed E-state index contributed by atoms with van der Waals surface area (Å²) in [5, 5.41) is 0. The van der Waals surface area contributed by atoms with E-state index in [9.17, 15) is 9.59 Å². The molecule has 6 nitrogen and oxygen atoms in total. The van der Waals surface area contributed by atoms with E-state index in [2.05, 4.69) is 34.1 Å². The molecule has 0 amide bonds. The molecule has 1 unspecified atom stereocenters. The van der Waals surface area contributed by atoms with Crippen molar-refractivity contribution >= 4 is 17.9 Å². The van der Waals surface area contributed by atoms with Crippen molar-refractivity contribution in [3.05, 3.63) is 60.2 Å². The Morgan fingerprint density at radius 2 is 1.71 bits per heavy atom. The van der Waals surface area contributed by atoms with E-state index in [0.717, 1.165) is 38.4 Å². The molecule has 1 aliphatic heterocycles. The van der Waals surface area contributed by atoms with E-state index in [0.29, 0.717) is 12.0 Å². The van der Waals surface area contributed by atoms with Crippen LogP contribution in [-0.2, 0) is 20.9 Å². The summed E-state index contributed by atoms with van der Waals surface area (Å²) in [7, 11) is 0. The van der Waals surface area contributed by atoms with Crippen molar-refractivity contribution in [1.29, 1.82) is 0 Å². The van der Waals surface area contributed by atoms with Gasteiger partial charge in [0.25, 0.3) is 0 Å². The van der Waals surface area contributed by atoms with E-state index >= 15 is 0 Å². The topological polar surface area (TPSA) is 59.1 Å². The number of hydrogen-bond donors (Lipinski definition) is 0. The SMILES string of the molecule is CCOC(=O)C(C=O)Oc1ccc(N2CCN(Cc3ccccc3)CC2)cc1. The number of anilines is 1.